The Morgan fingerprint density at radius 2 is 1.74 bits per heavy atom. The summed E-state index contributed by atoms with van der Waals surface area (Å²) >= 11 is 0. The summed E-state index contributed by atoms with van der Waals surface area (Å²) in [4.78, 5) is 42.4. The third-order valence-electron chi connectivity index (χ3n) is 4.84. The molecule has 0 radical (unpaired) electrons. The van der Waals surface area contributed by atoms with Crippen molar-refractivity contribution in [2.45, 2.75) is 11.8 Å². The Hall–Kier alpha value is -3.63. The van der Waals surface area contributed by atoms with E-state index in [0.29, 0.717) is 5.56 Å². The van der Waals surface area contributed by atoms with E-state index in [1.807, 2.05) is 0 Å². The monoisotopic (exact) mass is 440 g/mol. The van der Waals surface area contributed by atoms with Gasteiger partial charge in [0.1, 0.15) is 6.61 Å². The predicted molar refractivity (Wildman–Crippen MR) is 109 cm³/mol. The first-order valence-electron chi connectivity index (χ1n) is 9.18. The van der Waals surface area contributed by atoms with E-state index < -0.39 is 32.8 Å². The van der Waals surface area contributed by atoms with Crippen molar-refractivity contribution < 1.29 is 32.1 Å². The summed E-state index contributed by atoms with van der Waals surface area (Å²) in [5.74, 6) is -1.84. The number of fused-ring (bicyclic) bond motifs is 3. The molecule has 0 fully saturated rings. The largest absolute Gasteiger partial charge is 0.464 e. The van der Waals surface area contributed by atoms with E-state index in [4.69, 9.17) is 4.74 Å². The number of esters is 1. The Labute approximate surface area is 177 Å². The number of aromatic nitrogens is 1. The smallest absolute Gasteiger partial charge is 0.302 e. The van der Waals surface area contributed by atoms with E-state index in [2.05, 4.69) is 4.98 Å². The number of hydrogen-bond acceptors (Lipinski definition) is 7. The highest BCUT2D eigenvalue weighted by Gasteiger charge is 2.40. The van der Waals surface area contributed by atoms with Gasteiger partial charge < -0.3 is 4.74 Å². The Bertz CT molecular complexity index is 1350. The third-order valence-corrected chi connectivity index (χ3v) is 5.69. The minimum atomic E-state index is -4.54. The second-order valence-electron chi connectivity index (χ2n) is 6.83. The van der Waals surface area contributed by atoms with Gasteiger partial charge in [-0.05, 0) is 18.2 Å². The molecule has 0 saturated heterocycles. The van der Waals surface area contributed by atoms with Crippen LogP contribution in [-0.4, -0.2) is 53.8 Å². The van der Waals surface area contributed by atoms with Gasteiger partial charge >= 0.3 is 5.97 Å². The van der Waals surface area contributed by atoms with Crippen LogP contribution in [0.5, 0.6) is 0 Å². The van der Waals surface area contributed by atoms with E-state index in [9.17, 15) is 27.4 Å². The molecule has 0 saturated carbocycles. The lowest BCUT2D eigenvalue weighted by atomic mass is 9.98. The minimum Gasteiger partial charge on any atom is -0.464 e. The number of ether oxygens (including phenoxy) is 1. The Morgan fingerprint density at radius 1 is 1.06 bits per heavy atom. The van der Waals surface area contributed by atoms with Crippen molar-refractivity contribution in [3.05, 3.63) is 59.7 Å². The maximum Gasteiger partial charge on any atom is 0.302 e. The molecule has 0 spiro atoms. The number of amides is 2. The van der Waals surface area contributed by atoms with Crippen molar-refractivity contribution in [1.29, 1.82) is 0 Å². The maximum absolute atomic E-state index is 13.2. The molecule has 9 nitrogen and oxygen atoms in total. The van der Waals surface area contributed by atoms with Crippen LogP contribution in [0.15, 0.2) is 53.4 Å². The van der Waals surface area contributed by atoms with Crippen LogP contribution >= 0.6 is 0 Å². The Morgan fingerprint density at radius 3 is 2.39 bits per heavy atom. The molecule has 0 aliphatic carbocycles. The first kappa shape index (κ1) is 20.6. The highest BCUT2D eigenvalue weighted by molar-refractivity contribution is 7.85. The van der Waals surface area contributed by atoms with Gasteiger partial charge in [0.15, 0.2) is 0 Å². The number of benzene rings is 2. The second-order valence-corrected chi connectivity index (χ2v) is 8.25. The molecule has 0 bridgehead atoms. The van der Waals surface area contributed by atoms with Crippen LogP contribution in [-0.2, 0) is 19.6 Å². The molecule has 4 rings (SSSR count). The molecule has 0 atom stereocenters. The molecule has 10 heteroatoms. The lowest BCUT2D eigenvalue weighted by Crippen LogP contribution is -2.33. The van der Waals surface area contributed by atoms with Crippen molar-refractivity contribution in [1.82, 2.24) is 9.88 Å². The minimum absolute atomic E-state index is 0.0119. The fourth-order valence-corrected chi connectivity index (χ4v) is 3.99. The Balaban J connectivity index is 1.95. The van der Waals surface area contributed by atoms with E-state index >= 15 is 0 Å². The molecule has 158 valence electrons. The first-order valence-corrected chi connectivity index (χ1v) is 10.6. The highest BCUT2D eigenvalue weighted by Crippen LogP contribution is 2.36. The molecular formula is C21H16N2O7S. The number of pyridine rings is 1. The van der Waals surface area contributed by atoms with Gasteiger partial charge in [-0.1, -0.05) is 30.3 Å². The van der Waals surface area contributed by atoms with Crippen molar-refractivity contribution in [2.24, 2.45) is 0 Å². The summed E-state index contributed by atoms with van der Waals surface area (Å²) in [7, 11) is -4.54. The van der Waals surface area contributed by atoms with Gasteiger partial charge in [-0.15, -0.1) is 0 Å². The molecule has 0 unspecified atom stereocenters. The summed E-state index contributed by atoms with van der Waals surface area (Å²) in [5, 5.41) is 0.123. The standard InChI is InChI=1S/C21H16N2O7S/c1-12(24)30-10-9-23-20(25)17-15-11-14(31(27,28)29)7-8-16(15)22-19(18(17)21(23)26)13-5-3-2-4-6-13/h2-8,11H,9-10H2,1H3,(H,27,28,29). The zero-order valence-electron chi connectivity index (χ0n) is 16.2. The summed E-state index contributed by atoms with van der Waals surface area (Å²) in [5.41, 5.74) is 1.17. The molecule has 1 aliphatic heterocycles. The van der Waals surface area contributed by atoms with E-state index in [1.165, 1.54) is 19.1 Å². The van der Waals surface area contributed by atoms with Gasteiger partial charge in [-0.2, -0.15) is 8.42 Å². The number of carbonyl (C=O) groups is 3. The predicted octanol–water partition coefficient (Wildman–Crippen LogP) is 2.31. The van der Waals surface area contributed by atoms with Crippen molar-refractivity contribution in [3.8, 4) is 11.3 Å². The molecular weight excluding hydrogens is 424 g/mol. The summed E-state index contributed by atoms with van der Waals surface area (Å²) in [6.07, 6.45) is 0. The molecule has 2 amide bonds. The van der Waals surface area contributed by atoms with Crippen LogP contribution in [0.3, 0.4) is 0 Å². The van der Waals surface area contributed by atoms with Crippen molar-refractivity contribution in [2.75, 3.05) is 13.2 Å². The number of carbonyl (C=O) groups excluding carboxylic acids is 3. The second kappa shape index (κ2) is 7.56. The molecule has 1 N–H and O–H groups in total. The molecule has 31 heavy (non-hydrogen) atoms. The number of hydrogen-bond donors (Lipinski definition) is 1. The zero-order chi connectivity index (χ0) is 22.3. The molecule has 1 aromatic heterocycles. The fraction of sp³-hybridized carbons (Fsp3) is 0.143. The van der Waals surface area contributed by atoms with Crippen LogP contribution < -0.4 is 0 Å². The SMILES string of the molecule is CC(=O)OCCN1C(=O)c2c(-c3ccccc3)nc3ccc(S(=O)(=O)O)cc3c2C1=O. The lowest BCUT2D eigenvalue weighted by molar-refractivity contribution is -0.141. The molecule has 2 aromatic carbocycles. The Kier molecular flexibility index (Phi) is 5.03. The normalized spacial score (nSPS) is 13.5. The van der Waals surface area contributed by atoms with Gasteiger partial charge in [-0.25, -0.2) is 4.98 Å². The van der Waals surface area contributed by atoms with Crippen LogP contribution in [0, 0.1) is 0 Å². The summed E-state index contributed by atoms with van der Waals surface area (Å²) in [6.45, 7) is 0.868. The summed E-state index contributed by atoms with van der Waals surface area (Å²) < 4.78 is 37.5. The van der Waals surface area contributed by atoms with Gasteiger partial charge in [0.25, 0.3) is 21.9 Å². The fourth-order valence-electron chi connectivity index (χ4n) is 3.48. The van der Waals surface area contributed by atoms with Crippen molar-refractivity contribution >= 4 is 38.8 Å². The van der Waals surface area contributed by atoms with Crippen molar-refractivity contribution in [3.63, 3.8) is 0 Å². The van der Waals surface area contributed by atoms with Crippen LogP contribution in [0.2, 0.25) is 0 Å². The zero-order valence-corrected chi connectivity index (χ0v) is 17.0. The first-order chi connectivity index (χ1) is 14.7. The van der Waals surface area contributed by atoms with Gasteiger partial charge in [0.05, 0.1) is 33.8 Å². The molecule has 1 aliphatic rings. The van der Waals surface area contributed by atoms with Gasteiger partial charge in [-0.3, -0.25) is 23.8 Å². The van der Waals surface area contributed by atoms with Crippen LogP contribution in [0.25, 0.3) is 22.2 Å². The maximum atomic E-state index is 13.2. The lowest BCUT2D eigenvalue weighted by Gasteiger charge is -2.13. The van der Waals surface area contributed by atoms with Crippen LogP contribution in [0.4, 0.5) is 0 Å². The van der Waals surface area contributed by atoms with Gasteiger partial charge in [0.2, 0.25) is 0 Å². The average molecular weight is 440 g/mol. The van der Waals surface area contributed by atoms with E-state index in [1.54, 1.807) is 30.3 Å². The molecule has 3 aromatic rings. The van der Waals surface area contributed by atoms with Gasteiger partial charge in [0, 0.05) is 17.9 Å². The molecule has 2 heterocycles. The number of rotatable bonds is 5. The topological polar surface area (TPSA) is 131 Å². The number of nitrogens with zero attached hydrogens (tertiary/aromatic N) is 2. The quantitative estimate of drug-likeness (QED) is 0.363. The number of imide groups is 1. The highest BCUT2D eigenvalue weighted by atomic mass is 32.2. The third kappa shape index (κ3) is 3.66. The average Bonchev–Trinajstić information content (AvgIpc) is 2.98. The van der Waals surface area contributed by atoms with E-state index in [0.717, 1.165) is 11.0 Å². The van der Waals surface area contributed by atoms with E-state index in [-0.39, 0.29) is 40.9 Å². The van der Waals surface area contributed by atoms with Crippen LogP contribution in [0.1, 0.15) is 27.6 Å². The summed E-state index contributed by atoms with van der Waals surface area (Å²) in [6, 6.07) is 12.4.